The SMILES string of the molecule is CCOC(OCC)O[Si]CCCCCc1cc(F)c(F)c(F)c1F. The summed E-state index contributed by atoms with van der Waals surface area (Å²) in [4.78, 5) is 0. The molecule has 3 nitrogen and oxygen atoms in total. The monoisotopic (exact) mass is 366 g/mol. The molecular weight excluding hydrogens is 344 g/mol. The molecule has 8 heteroatoms. The summed E-state index contributed by atoms with van der Waals surface area (Å²) in [6, 6.07) is 1.50. The Morgan fingerprint density at radius 1 is 0.917 bits per heavy atom. The molecule has 0 unspecified atom stereocenters. The van der Waals surface area contributed by atoms with Crippen molar-refractivity contribution in [3.63, 3.8) is 0 Å². The predicted octanol–water partition coefficient (Wildman–Crippen LogP) is 4.37. The van der Waals surface area contributed by atoms with E-state index in [1.165, 1.54) is 0 Å². The lowest BCUT2D eigenvalue weighted by Crippen LogP contribution is -2.22. The van der Waals surface area contributed by atoms with Crippen LogP contribution in [-0.4, -0.2) is 29.5 Å². The van der Waals surface area contributed by atoms with Crippen molar-refractivity contribution in [3.8, 4) is 0 Å². The van der Waals surface area contributed by atoms with Gasteiger partial charge in [-0.25, -0.2) is 17.6 Å². The molecule has 1 rings (SSSR count). The molecule has 0 N–H and O–H groups in total. The third kappa shape index (κ3) is 6.88. The molecule has 0 atom stereocenters. The van der Waals surface area contributed by atoms with Gasteiger partial charge in [-0.1, -0.05) is 12.8 Å². The second kappa shape index (κ2) is 11.6. The molecule has 0 amide bonds. The summed E-state index contributed by atoms with van der Waals surface area (Å²) < 4.78 is 68.4. The molecule has 0 saturated heterocycles. The quantitative estimate of drug-likeness (QED) is 0.137. The maximum Gasteiger partial charge on any atom is 0.261 e. The number of hydrogen-bond acceptors (Lipinski definition) is 3. The zero-order valence-corrected chi connectivity index (χ0v) is 14.8. The smallest absolute Gasteiger partial charge is 0.261 e. The molecule has 0 heterocycles. The summed E-state index contributed by atoms with van der Waals surface area (Å²) in [6.45, 7) is 4.02. The van der Waals surface area contributed by atoms with Crippen LogP contribution in [-0.2, 0) is 20.3 Å². The van der Waals surface area contributed by atoms with E-state index in [1.54, 1.807) is 0 Å². The number of hydrogen-bond donors (Lipinski definition) is 0. The number of halogens is 4. The Hall–Kier alpha value is -0.963. The first-order valence-corrected chi connectivity index (χ1v) is 9.06. The van der Waals surface area contributed by atoms with Crippen LogP contribution in [0.2, 0.25) is 6.04 Å². The average Bonchev–Trinajstić information content (AvgIpc) is 2.56. The van der Waals surface area contributed by atoms with Gasteiger partial charge < -0.3 is 13.9 Å². The minimum absolute atomic E-state index is 0.141. The van der Waals surface area contributed by atoms with E-state index in [1.807, 2.05) is 13.8 Å². The standard InChI is InChI=1S/C16H22F4O3Si/c1-3-21-16(22-4-2)23-24-9-7-5-6-8-11-10-12(17)14(19)15(20)13(11)18/h10,16H,3-9H2,1-2H3. The summed E-state index contributed by atoms with van der Waals surface area (Å²) in [5.41, 5.74) is -0.141. The zero-order valence-electron chi connectivity index (χ0n) is 13.8. The lowest BCUT2D eigenvalue weighted by Gasteiger charge is -2.16. The van der Waals surface area contributed by atoms with E-state index >= 15 is 0 Å². The van der Waals surface area contributed by atoms with E-state index in [0.717, 1.165) is 18.9 Å². The van der Waals surface area contributed by atoms with Crippen molar-refractivity contribution in [1.82, 2.24) is 0 Å². The molecule has 0 spiro atoms. The van der Waals surface area contributed by atoms with Crippen LogP contribution < -0.4 is 0 Å². The van der Waals surface area contributed by atoms with Crippen LogP contribution >= 0.6 is 0 Å². The normalized spacial score (nSPS) is 11.5. The fraction of sp³-hybridized carbons (Fsp3) is 0.625. The number of aryl methyl sites for hydroxylation is 1. The predicted molar refractivity (Wildman–Crippen MR) is 82.5 cm³/mol. The van der Waals surface area contributed by atoms with Gasteiger partial charge in [-0.3, -0.25) is 0 Å². The molecule has 0 fully saturated rings. The zero-order chi connectivity index (χ0) is 17.9. The van der Waals surface area contributed by atoms with Crippen LogP contribution in [0.3, 0.4) is 0 Å². The van der Waals surface area contributed by atoms with Gasteiger partial charge in [-0.05, 0) is 44.4 Å². The molecule has 136 valence electrons. The fourth-order valence-electron chi connectivity index (χ4n) is 2.01. The van der Waals surface area contributed by atoms with E-state index in [9.17, 15) is 17.6 Å². The number of rotatable bonds is 12. The molecule has 24 heavy (non-hydrogen) atoms. The Morgan fingerprint density at radius 2 is 1.58 bits per heavy atom. The van der Waals surface area contributed by atoms with Gasteiger partial charge in [-0.15, -0.1) is 0 Å². The van der Waals surface area contributed by atoms with Crippen LogP contribution in [0.4, 0.5) is 17.6 Å². The minimum Gasteiger partial charge on any atom is -0.372 e. The van der Waals surface area contributed by atoms with Crippen molar-refractivity contribution >= 4 is 9.76 Å². The molecule has 0 bridgehead atoms. The van der Waals surface area contributed by atoms with Gasteiger partial charge in [0.05, 0.1) is 0 Å². The maximum absolute atomic E-state index is 13.5. The van der Waals surface area contributed by atoms with Crippen molar-refractivity contribution in [3.05, 3.63) is 34.9 Å². The Balaban J connectivity index is 2.23. The van der Waals surface area contributed by atoms with Gasteiger partial charge in [0, 0.05) is 13.2 Å². The van der Waals surface area contributed by atoms with Crippen molar-refractivity contribution in [1.29, 1.82) is 0 Å². The summed E-state index contributed by atoms with van der Waals surface area (Å²) in [5, 5.41) is 0. The number of ether oxygens (including phenoxy) is 2. The van der Waals surface area contributed by atoms with Gasteiger partial charge in [0.2, 0.25) is 9.76 Å². The lowest BCUT2D eigenvalue weighted by molar-refractivity contribution is -0.243. The summed E-state index contributed by atoms with van der Waals surface area (Å²) in [7, 11) is 0.208. The van der Waals surface area contributed by atoms with Gasteiger partial charge in [0.1, 0.15) is 0 Å². The van der Waals surface area contributed by atoms with Gasteiger partial charge in [0.25, 0.3) is 6.48 Å². The van der Waals surface area contributed by atoms with Crippen molar-refractivity contribution in [2.75, 3.05) is 13.2 Å². The van der Waals surface area contributed by atoms with E-state index in [2.05, 4.69) is 0 Å². The second-order valence-electron chi connectivity index (χ2n) is 4.98. The molecule has 0 aliphatic heterocycles. The van der Waals surface area contributed by atoms with Crippen molar-refractivity contribution in [2.45, 2.75) is 52.1 Å². The topological polar surface area (TPSA) is 27.7 Å². The van der Waals surface area contributed by atoms with Crippen LogP contribution in [0, 0.1) is 23.3 Å². The van der Waals surface area contributed by atoms with E-state index in [-0.39, 0.29) is 21.7 Å². The Bertz CT molecular complexity index is 497. The molecule has 2 radical (unpaired) electrons. The molecule has 0 saturated carbocycles. The highest BCUT2D eigenvalue weighted by atomic mass is 28.2. The molecule has 0 aromatic heterocycles. The highest BCUT2D eigenvalue weighted by Gasteiger charge is 2.18. The van der Waals surface area contributed by atoms with Gasteiger partial charge in [0.15, 0.2) is 23.3 Å². The summed E-state index contributed by atoms with van der Waals surface area (Å²) in [5.74, 6) is -6.20. The highest BCUT2D eigenvalue weighted by Crippen LogP contribution is 2.20. The lowest BCUT2D eigenvalue weighted by atomic mass is 10.1. The van der Waals surface area contributed by atoms with Gasteiger partial charge in [-0.2, -0.15) is 0 Å². The van der Waals surface area contributed by atoms with Gasteiger partial charge >= 0.3 is 0 Å². The van der Waals surface area contributed by atoms with E-state index in [4.69, 9.17) is 13.9 Å². The van der Waals surface area contributed by atoms with Crippen LogP contribution in [0.1, 0.15) is 38.7 Å². The highest BCUT2D eigenvalue weighted by molar-refractivity contribution is 6.27. The third-order valence-electron chi connectivity index (χ3n) is 3.19. The molecular formula is C16H22F4O3Si. The number of unbranched alkanes of at least 4 members (excludes halogenated alkanes) is 2. The van der Waals surface area contributed by atoms with Crippen LogP contribution in [0.15, 0.2) is 6.07 Å². The van der Waals surface area contributed by atoms with E-state index < -0.39 is 29.7 Å². The van der Waals surface area contributed by atoms with Crippen LogP contribution in [0.5, 0.6) is 0 Å². The third-order valence-corrected chi connectivity index (χ3v) is 4.10. The summed E-state index contributed by atoms with van der Waals surface area (Å²) >= 11 is 0. The Labute approximate surface area is 142 Å². The Morgan fingerprint density at radius 3 is 2.21 bits per heavy atom. The minimum atomic E-state index is -1.77. The fourth-order valence-corrected chi connectivity index (χ4v) is 2.79. The molecule has 0 aliphatic carbocycles. The largest absolute Gasteiger partial charge is 0.372 e. The first-order chi connectivity index (χ1) is 11.5. The van der Waals surface area contributed by atoms with E-state index in [0.29, 0.717) is 25.7 Å². The van der Waals surface area contributed by atoms with Crippen molar-refractivity contribution in [2.24, 2.45) is 0 Å². The molecule has 0 aliphatic rings. The maximum atomic E-state index is 13.5. The molecule has 1 aromatic rings. The average molecular weight is 366 g/mol. The first-order valence-electron chi connectivity index (χ1n) is 7.94. The van der Waals surface area contributed by atoms with Crippen molar-refractivity contribution < 1.29 is 31.5 Å². The second-order valence-corrected chi connectivity index (χ2v) is 6.01. The number of benzene rings is 1. The molecule has 1 aromatic carbocycles. The summed E-state index contributed by atoms with van der Waals surface area (Å²) in [6.07, 6.45) is 2.26. The first kappa shape index (κ1) is 21.1. The Kier molecular flexibility index (Phi) is 10.2. The van der Waals surface area contributed by atoms with Crippen LogP contribution in [0.25, 0.3) is 0 Å².